The first-order chi connectivity index (χ1) is 17.0. The molecule has 0 spiro atoms. The van der Waals surface area contributed by atoms with E-state index >= 15 is 0 Å². The van der Waals surface area contributed by atoms with Crippen LogP contribution in [-0.4, -0.2) is 56.9 Å². The summed E-state index contributed by atoms with van der Waals surface area (Å²) in [7, 11) is 0. The third kappa shape index (κ3) is 5.39. The Bertz CT molecular complexity index is 1250. The molecule has 1 fully saturated rings. The molecule has 190 valence electrons. The number of piperazine rings is 1. The van der Waals surface area contributed by atoms with E-state index in [4.69, 9.17) is 5.11 Å². The minimum atomic E-state index is -4.78. The fourth-order valence-electron chi connectivity index (χ4n) is 4.42. The summed E-state index contributed by atoms with van der Waals surface area (Å²) in [5.41, 5.74) is 2.47. The van der Waals surface area contributed by atoms with Crippen LogP contribution in [0.2, 0.25) is 0 Å². The highest BCUT2D eigenvalue weighted by Crippen LogP contribution is 2.32. The molecule has 1 unspecified atom stereocenters. The maximum atomic E-state index is 13.6. The molecule has 36 heavy (non-hydrogen) atoms. The zero-order valence-electron chi connectivity index (χ0n) is 20.2. The number of anilines is 2. The number of aliphatic carboxylic acids is 1. The monoisotopic (exact) mass is 500 g/mol. The first kappa shape index (κ1) is 25.3. The van der Waals surface area contributed by atoms with E-state index in [1.807, 2.05) is 51.1 Å². The van der Waals surface area contributed by atoms with Crippen molar-refractivity contribution in [3.63, 3.8) is 0 Å². The van der Waals surface area contributed by atoms with Gasteiger partial charge in [0.15, 0.2) is 11.5 Å². The molecule has 2 aromatic heterocycles. The van der Waals surface area contributed by atoms with Crippen LogP contribution in [0.1, 0.15) is 40.6 Å². The van der Waals surface area contributed by atoms with E-state index in [1.54, 1.807) is 4.90 Å². The lowest BCUT2D eigenvalue weighted by molar-refractivity contribution is -0.142. The molecular weight excluding hydrogens is 473 g/mol. The number of halogens is 3. The minimum Gasteiger partial charge on any atom is -0.481 e. The number of benzene rings is 1. The third-order valence-electron chi connectivity index (χ3n) is 6.46. The van der Waals surface area contributed by atoms with Gasteiger partial charge in [-0.1, -0.05) is 30.3 Å². The average molecular weight is 501 g/mol. The van der Waals surface area contributed by atoms with Crippen LogP contribution >= 0.6 is 0 Å². The summed E-state index contributed by atoms with van der Waals surface area (Å²) in [6.45, 7) is 7.28. The normalized spacial score (nSPS) is 16.3. The van der Waals surface area contributed by atoms with Gasteiger partial charge >= 0.3 is 12.1 Å². The van der Waals surface area contributed by atoms with Crippen molar-refractivity contribution in [3.8, 4) is 0 Å². The second-order valence-electron chi connectivity index (χ2n) is 8.98. The molecule has 8 nitrogen and oxygen atoms in total. The van der Waals surface area contributed by atoms with Crippen LogP contribution in [0.4, 0.5) is 24.9 Å². The van der Waals surface area contributed by atoms with E-state index in [9.17, 15) is 18.0 Å². The van der Waals surface area contributed by atoms with E-state index in [1.165, 1.54) is 0 Å². The summed E-state index contributed by atoms with van der Waals surface area (Å²) in [5.74, 6) is -0.689. The Hall–Kier alpha value is -3.76. The first-order valence-corrected chi connectivity index (χ1v) is 11.6. The molecule has 1 saturated heterocycles. The van der Waals surface area contributed by atoms with Crippen LogP contribution in [0.3, 0.4) is 0 Å². The molecule has 1 N–H and O–H groups in total. The Balaban J connectivity index is 1.53. The van der Waals surface area contributed by atoms with E-state index in [-0.39, 0.29) is 12.0 Å². The Kier molecular flexibility index (Phi) is 7.09. The molecule has 1 aliphatic heterocycles. The van der Waals surface area contributed by atoms with E-state index in [0.29, 0.717) is 26.1 Å². The fraction of sp³-hybridized carbons (Fsp3) is 0.400. The molecule has 0 saturated carbocycles. The molecular formula is C25H27F3N6O2. The molecule has 1 atom stereocenters. The lowest BCUT2D eigenvalue weighted by atomic mass is 10.0. The van der Waals surface area contributed by atoms with Gasteiger partial charge in [0.2, 0.25) is 5.95 Å². The number of hydrogen-bond acceptors (Lipinski definition) is 7. The summed E-state index contributed by atoms with van der Waals surface area (Å²) < 4.78 is 40.7. The zero-order chi connectivity index (χ0) is 26.0. The van der Waals surface area contributed by atoms with Gasteiger partial charge in [0.1, 0.15) is 0 Å². The standard InChI is InChI=1S/C25H27F3N6O2/c1-15-14-33(23-17(3)16(2)20(31-32-23)11-18-7-5-4-6-8-18)9-10-34(15)24-29-13-19(12-21(35)36)22(30-24)25(26,27)28/h4-8,13,15H,9-12,14H2,1-3H3,(H,35,36). The number of alkyl halides is 3. The summed E-state index contributed by atoms with van der Waals surface area (Å²) in [6.07, 6.45) is -3.93. The van der Waals surface area contributed by atoms with Gasteiger partial charge < -0.3 is 14.9 Å². The average Bonchev–Trinajstić information content (AvgIpc) is 2.82. The van der Waals surface area contributed by atoms with Gasteiger partial charge in [0.05, 0.1) is 12.1 Å². The van der Waals surface area contributed by atoms with Gasteiger partial charge in [0, 0.05) is 43.9 Å². The van der Waals surface area contributed by atoms with Crippen LogP contribution < -0.4 is 9.80 Å². The van der Waals surface area contributed by atoms with Crippen molar-refractivity contribution >= 4 is 17.7 Å². The van der Waals surface area contributed by atoms with Crippen molar-refractivity contribution in [1.29, 1.82) is 0 Å². The predicted octanol–water partition coefficient (Wildman–Crippen LogP) is 3.84. The van der Waals surface area contributed by atoms with Crippen LogP contribution in [0, 0.1) is 13.8 Å². The lowest BCUT2D eigenvalue weighted by Gasteiger charge is -2.41. The molecule has 3 heterocycles. The third-order valence-corrected chi connectivity index (χ3v) is 6.46. The second kappa shape index (κ2) is 10.1. The molecule has 0 bridgehead atoms. The Morgan fingerprint density at radius 3 is 2.47 bits per heavy atom. The van der Waals surface area contributed by atoms with Gasteiger partial charge in [-0.3, -0.25) is 4.79 Å². The molecule has 0 aliphatic carbocycles. The summed E-state index contributed by atoms with van der Waals surface area (Å²) >= 11 is 0. The Morgan fingerprint density at radius 1 is 1.11 bits per heavy atom. The molecule has 3 aromatic rings. The van der Waals surface area contributed by atoms with Crippen molar-refractivity contribution < 1.29 is 23.1 Å². The van der Waals surface area contributed by atoms with Gasteiger partial charge in [-0.15, -0.1) is 5.10 Å². The number of aromatic nitrogens is 4. The number of carboxylic acid groups (broad SMARTS) is 1. The summed E-state index contributed by atoms with van der Waals surface area (Å²) in [4.78, 5) is 22.5. The lowest BCUT2D eigenvalue weighted by Crippen LogP contribution is -2.53. The van der Waals surface area contributed by atoms with Crippen LogP contribution in [0.15, 0.2) is 36.5 Å². The molecule has 11 heteroatoms. The minimum absolute atomic E-state index is 0.0687. The topological polar surface area (TPSA) is 95.3 Å². The van der Waals surface area contributed by atoms with Crippen molar-refractivity contribution in [3.05, 3.63) is 70.2 Å². The van der Waals surface area contributed by atoms with Crippen LogP contribution in [-0.2, 0) is 23.8 Å². The maximum absolute atomic E-state index is 13.6. The quantitative estimate of drug-likeness (QED) is 0.546. The largest absolute Gasteiger partial charge is 0.481 e. The number of hydrogen-bond donors (Lipinski definition) is 1. The van der Waals surface area contributed by atoms with Crippen molar-refractivity contribution in [1.82, 2.24) is 20.2 Å². The highest BCUT2D eigenvalue weighted by Gasteiger charge is 2.38. The van der Waals surface area contributed by atoms with Gasteiger partial charge in [-0.25, -0.2) is 9.97 Å². The second-order valence-corrected chi connectivity index (χ2v) is 8.98. The smallest absolute Gasteiger partial charge is 0.433 e. The fourth-order valence-corrected chi connectivity index (χ4v) is 4.42. The molecule has 1 aliphatic rings. The summed E-state index contributed by atoms with van der Waals surface area (Å²) in [5, 5.41) is 17.9. The van der Waals surface area contributed by atoms with Crippen LogP contribution in [0.25, 0.3) is 0 Å². The zero-order valence-corrected chi connectivity index (χ0v) is 20.2. The molecule has 0 radical (unpaired) electrons. The van der Waals surface area contributed by atoms with Gasteiger partial charge in [-0.05, 0) is 37.5 Å². The predicted molar refractivity (Wildman–Crippen MR) is 128 cm³/mol. The Morgan fingerprint density at radius 2 is 1.83 bits per heavy atom. The van der Waals surface area contributed by atoms with Gasteiger partial charge in [0.25, 0.3) is 0 Å². The van der Waals surface area contributed by atoms with Crippen molar-refractivity contribution in [2.45, 2.75) is 45.8 Å². The summed E-state index contributed by atoms with van der Waals surface area (Å²) in [6, 6.07) is 9.83. The molecule has 1 aromatic carbocycles. The number of rotatable bonds is 6. The molecule has 4 rings (SSSR count). The maximum Gasteiger partial charge on any atom is 0.433 e. The van der Waals surface area contributed by atoms with Crippen LogP contribution in [0.5, 0.6) is 0 Å². The van der Waals surface area contributed by atoms with E-state index in [0.717, 1.165) is 34.4 Å². The SMILES string of the molecule is Cc1c(Cc2ccccc2)nnc(N2CCN(c3ncc(CC(=O)O)c(C(F)(F)F)n3)C(C)C2)c1C. The van der Waals surface area contributed by atoms with Crippen molar-refractivity contribution in [2.75, 3.05) is 29.4 Å². The highest BCUT2D eigenvalue weighted by molar-refractivity contribution is 5.70. The number of carbonyl (C=O) groups is 1. The Labute approximate surface area is 206 Å². The van der Waals surface area contributed by atoms with E-state index in [2.05, 4.69) is 25.1 Å². The number of nitrogens with zero attached hydrogens (tertiary/aromatic N) is 6. The van der Waals surface area contributed by atoms with E-state index < -0.39 is 29.8 Å². The molecule has 0 amide bonds. The van der Waals surface area contributed by atoms with Crippen molar-refractivity contribution in [2.24, 2.45) is 0 Å². The first-order valence-electron chi connectivity index (χ1n) is 11.6. The van der Waals surface area contributed by atoms with Gasteiger partial charge in [-0.2, -0.15) is 18.3 Å². The highest BCUT2D eigenvalue weighted by atomic mass is 19.4. The number of carboxylic acids is 1.